The Labute approximate surface area is 430 Å². The van der Waals surface area contributed by atoms with E-state index in [9.17, 15) is 0 Å². The first-order valence-corrected chi connectivity index (χ1v) is 25.9. The molecule has 1 aromatic heterocycles. The van der Waals surface area contributed by atoms with Gasteiger partial charge < -0.3 is 9.47 Å². The van der Waals surface area contributed by atoms with Crippen LogP contribution in [-0.2, 0) is 10.8 Å². The van der Waals surface area contributed by atoms with Crippen LogP contribution in [0.15, 0.2) is 223 Å². The van der Waals surface area contributed by atoms with E-state index in [-0.39, 0.29) is 10.8 Å². The fourth-order valence-electron chi connectivity index (χ4n) is 11.5. The summed E-state index contributed by atoms with van der Waals surface area (Å²) < 4.78 is 2.36. The van der Waals surface area contributed by atoms with Crippen molar-refractivity contribution in [3.8, 4) is 39.1 Å². The van der Waals surface area contributed by atoms with E-state index in [2.05, 4.69) is 260 Å². The number of aryl methyl sites for hydroxylation is 2. The van der Waals surface area contributed by atoms with Crippen molar-refractivity contribution >= 4 is 57.5 Å². The van der Waals surface area contributed by atoms with Gasteiger partial charge in [0.2, 0.25) is 0 Å². The molecule has 2 aliphatic rings. The fraction of sp³-hybridized carbons (Fsp3) is 0.130. The lowest BCUT2D eigenvalue weighted by atomic mass is 9.81. The van der Waals surface area contributed by atoms with E-state index in [1.807, 2.05) is 30.0 Å². The number of rotatable bonds is 12. The number of anilines is 3. The van der Waals surface area contributed by atoms with Crippen molar-refractivity contribution in [3.63, 3.8) is 0 Å². The van der Waals surface area contributed by atoms with E-state index >= 15 is 0 Å². The van der Waals surface area contributed by atoms with E-state index in [1.165, 1.54) is 82.0 Å². The third-order valence-corrected chi connectivity index (χ3v) is 16.7. The molecule has 0 aliphatic heterocycles. The lowest BCUT2D eigenvalue weighted by molar-refractivity contribution is 0.654. The maximum absolute atomic E-state index is 4.34. The predicted molar refractivity (Wildman–Crippen MR) is 312 cm³/mol. The van der Waals surface area contributed by atoms with Gasteiger partial charge in [-0.15, -0.1) is 0 Å². The Morgan fingerprint density at radius 2 is 1.07 bits per heavy atom. The largest absolute Gasteiger partial charge is 0.310 e. The van der Waals surface area contributed by atoms with Crippen LogP contribution in [0.3, 0.4) is 0 Å². The highest BCUT2D eigenvalue weighted by Gasteiger charge is 2.38. The summed E-state index contributed by atoms with van der Waals surface area (Å²) in [6, 6.07) is 62.8. The van der Waals surface area contributed by atoms with Gasteiger partial charge in [-0.3, -0.25) is 0 Å². The molecule has 72 heavy (non-hydrogen) atoms. The maximum Gasteiger partial charge on any atom is 0.0547 e. The molecule has 1 heterocycles. The Bertz CT molecular complexity index is 3710. The number of hydrogen-bond donors (Lipinski definition) is 0. The number of fused-ring (bicyclic) bond motifs is 5. The van der Waals surface area contributed by atoms with Gasteiger partial charge in [0.1, 0.15) is 0 Å². The zero-order chi connectivity index (χ0) is 50.1. The van der Waals surface area contributed by atoms with Crippen LogP contribution in [0.25, 0.3) is 67.7 Å². The molecule has 2 aliphatic carbocycles. The van der Waals surface area contributed by atoms with Crippen LogP contribution in [0, 0.1) is 13.8 Å². The lowest BCUT2D eigenvalue weighted by Gasteiger charge is -2.29. The van der Waals surface area contributed by atoms with E-state index in [0.717, 1.165) is 50.7 Å². The van der Waals surface area contributed by atoms with Gasteiger partial charge in [-0.25, -0.2) is 0 Å². The summed E-state index contributed by atoms with van der Waals surface area (Å²) in [5.41, 5.74) is 25.0. The average Bonchev–Trinajstić information content (AvgIpc) is 3.91. The molecule has 352 valence electrons. The van der Waals surface area contributed by atoms with Crippen LogP contribution in [0.4, 0.5) is 17.1 Å². The van der Waals surface area contributed by atoms with Gasteiger partial charge in [-0.05, 0) is 178 Å². The second-order valence-corrected chi connectivity index (χ2v) is 21.4. The molecule has 0 atom stereocenters. The van der Waals surface area contributed by atoms with Gasteiger partial charge in [0.25, 0.3) is 0 Å². The van der Waals surface area contributed by atoms with Crippen molar-refractivity contribution in [1.82, 2.24) is 4.57 Å². The van der Waals surface area contributed by atoms with Crippen molar-refractivity contribution in [2.24, 2.45) is 0 Å². The first-order valence-electron chi connectivity index (χ1n) is 25.0. The van der Waals surface area contributed by atoms with E-state index in [1.54, 1.807) is 0 Å². The molecule has 0 amide bonds. The summed E-state index contributed by atoms with van der Waals surface area (Å²) in [6.45, 7) is 28.8. The van der Waals surface area contributed by atoms with E-state index in [4.69, 9.17) is 0 Å². The van der Waals surface area contributed by atoms with Gasteiger partial charge in [0.05, 0.1) is 11.2 Å². The first kappa shape index (κ1) is 46.5. The molecule has 9 aromatic rings. The number of aromatic nitrogens is 1. The lowest BCUT2D eigenvalue weighted by Crippen LogP contribution is -2.17. The number of allylic oxidation sites excluding steroid dienone is 5. The van der Waals surface area contributed by atoms with Crippen molar-refractivity contribution in [2.75, 3.05) is 4.90 Å². The highest BCUT2D eigenvalue weighted by Crippen LogP contribution is 2.54. The van der Waals surface area contributed by atoms with Crippen LogP contribution >= 0.6 is 11.8 Å². The highest BCUT2D eigenvalue weighted by molar-refractivity contribution is 7.99. The standard InChI is InChI=1S/C69H60N2S/c1-11-20-55-56-38-37-53(40-62(56)68(7,8)60(55)13-3)70(50-31-25-47(26-32-50)46-22-16-15-17-23-46)51-33-27-48(28-34-51)49-29-35-52(36-30-49)71-64(14-4)54(12-2)59-41-63-57(42-65(59)71)58-43-67(45(6)39-61(58)69(63,9)10)72-66-24-19-18-21-44(66)5/h11-43H,2-4H2,1,5-10H3/b20-11-. The average molecular weight is 949 g/mol. The molecule has 3 heteroatoms. The van der Waals surface area contributed by atoms with Crippen molar-refractivity contribution in [3.05, 3.63) is 258 Å². The topological polar surface area (TPSA) is 8.17 Å². The van der Waals surface area contributed by atoms with Crippen LogP contribution in [0.5, 0.6) is 0 Å². The molecule has 0 saturated carbocycles. The molecule has 0 fully saturated rings. The normalized spacial score (nSPS) is 14.1. The maximum atomic E-state index is 4.34. The summed E-state index contributed by atoms with van der Waals surface area (Å²) in [6.07, 6.45) is 10.4. The third kappa shape index (κ3) is 7.58. The Hall–Kier alpha value is -7.85. The minimum absolute atomic E-state index is 0.160. The molecule has 0 spiro atoms. The van der Waals surface area contributed by atoms with Gasteiger partial charge in [-0.2, -0.15) is 0 Å². The Balaban J connectivity index is 0.960. The van der Waals surface area contributed by atoms with Crippen LogP contribution in [0.2, 0.25) is 0 Å². The van der Waals surface area contributed by atoms with Gasteiger partial charge in [0.15, 0.2) is 0 Å². The summed E-state index contributed by atoms with van der Waals surface area (Å²) in [5.74, 6) is 0. The fourth-order valence-corrected chi connectivity index (χ4v) is 12.5. The quantitative estimate of drug-likeness (QED) is 0.121. The summed E-state index contributed by atoms with van der Waals surface area (Å²) >= 11 is 1.86. The predicted octanol–water partition coefficient (Wildman–Crippen LogP) is 19.6. The Morgan fingerprint density at radius 1 is 0.500 bits per heavy atom. The minimum Gasteiger partial charge on any atom is -0.310 e. The second-order valence-electron chi connectivity index (χ2n) is 20.3. The zero-order valence-corrected chi connectivity index (χ0v) is 43.3. The monoisotopic (exact) mass is 948 g/mol. The van der Waals surface area contributed by atoms with Gasteiger partial charge >= 0.3 is 0 Å². The highest BCUT2D eigenvalue weighted by atomic mass is 32.2. The van der Waals surface area contributed by atoms with E-state index < -0.39 is 0 Å². The number of nitrogens with zero attached hydrogens (tertiary/aromatic N) is 2. The van der Waals surface area contributed by atoms with Crippen molar-refractivity contribution in [2.45, 2.75) is 69.1 Å². The molecule has 0 saturated heterocycles. The third-order valence-electron chi connectivity index (χ3n) is 15.4. The molecule has 2 nitrogen and oxygen atoms in total. The second kappa shape index (κ2) is 18.1. The van der Waals surface area contributed by atoms with Gasteiger partial charge in [-0.1, -0.05) is 181 Å². The van der Waals surface area contributed by atoms with Crippen LogP contribution in [-0.4, -0.2) is 4.57 Å². The summed E-state index contributed by atoms with van der Waals surface area (Å²) in [7, 11) is 0. The van der Waals surface area contributed by atoms with E-state index in [0.29, 0.717) is 0 Å². The molecule has 0 bridgehead atoms. The Morgan fingerprint density at radius 3 is 1.68 bits per heavy atom. The van der Waals surface area contributed by atoms with Crippen molar-refractivity contribution in [1.29, 1.82) is 0 Å². The molecular formula is C69H60N2S. The Kier molecular flexibility index (Phi) is 11.7. The summed E-state index contributed by atoms with van der Waals surface area (Å²) in [4.78, 5) is 4.96. The minimum atomic E-state index is -0.194. The van der Waals surface area contributed by atoms with Crippen molar-refractivity contribution < 1.29 is 0 Å². The summed E-state index contributed by atoms with van der Waals surface area (Å²) in [5, 5.41) is 1.19. The van der Waals surface area contributed by atoms with Crippen LogP contribution < -0.4 is 4.90 Å². The van der Waals surface area contributed by atoms with Gasteiger partial charge in [0, 0.05) is 54.3 Å². The molecule has 8 aromatic carbocycles. The molecule has 0 N–H and O–H groups in total. The molecule has 0 radical (unpaired) electrons. The SMILES string of the molecule is C=CC1=C(/C=C\C)c2ccc(N(c3ccc(-c4ccccc4)cc3)c3ccc(-c4ccc(-n5c(C=C)c(C=C)c6cc7c(cc65)-c5cc(Sc6ccccc6C)c(C)cc5C7(C)C)cc4)cc3)cc2C1(C)C. The first-order chi connectivity index (χ1) is 34.9. The molecule has 11 rings (SSSR count). The molecule has 0 unspecified atom stereocenters. The number of hydrogen-bond acceptors (Lipinski definition) is 2. The van der Waals surface area contributed by atoms with Crippen LogP contribution in [0.1, 0.15) is 79.3 Å². The molecular weight excluding hydrogens is 889 g/mol. The smallest absolute Gasteiger partial charge is 0.0547 e. The number of benzene rings is 8. The zero-order valence-electron chi connectivity index (χ0n) is 42.5.